The van der Waals surface area contributed by atoms with Gasteiger partial charge in [-0.3, -0.25) is 0 Å². The molecular formula is C17H35NO2. The van der Waals surface area contributed by atoms with Crippen molar-refractivity contribution >= 4 is 0 Å². The Bertz CT molecular complexity index is 227. The lowest BCUT2D eigenvalue weighted by Gasteiger charge is -2.31. The first-order valence-corrected chi connectivity index (χ1v) is 8.65. The summed E-state index contributed by atoms with van der Waals surface area (Å²) in [5.41, 5.74) is 0. The van der Waals surface area contributed by atoms with Crippen molar-refractivity contribution in [2.45, 2.75) is 84.5 Å². The van der Waals surface area contributed by atoms with E-state index in [9.17, 15) is 0 Å². The fraction of sp³-hybridized carbons (Fsp3) is 1.00. The van der Waals surface area contributed by atoms with Crippen molar-refractivity contribution in [3.63, 3.8) is 0 Å². The van der Waals surface area contributed by atoms with Gasteiger partial charge in [-0.2, -0.15) is 0 Å². The first-order chi connectivity index (χ1) is 9.69. The van der Waals surface area contributed by atoms with Gasteiger partial charge in [0.1, 0.15) is 0 Å². The highest BCUT2D eigenvalue weighted by atomic mass is 16.5. The molecule has 1 aliphatic heterocycles. The zero-order valence-corrected chi connectivity index (χ0v) is 14.0. The van der Waals surface area contributed by atoms with Crippen LogP contribution in [0.3, 0.4) is 0 Å². The van der Waals surface area contributed by atoms with Crippen LogP contribution in [0.15, 0.2) is 0 Å². The predicted octanol–water partition coefficient (Wildman–Crippen LogP) is 3.77. The number of hydrogen-bond donors (Lipinski definition) is 1. The van der Waals surface area contributed by atoms with E-state index in [4.69, 9.17) is 9.47 Å². The molecule has 0 aromatic heterocycles. The smallest absolute Gasteiger partial charge is 0.0750 e. The number of rotatable bonds is 11. The summed E-state index contributed by atoms with van der Waals surface area (Å²) in [6.07, 6.45) is 8.18. The van der Waals surface area contributed by atoms with Crippen molar-refractivity contribution in [3.05, 3.63) is 0 Å². The van der Waals surface area contributed by atoms with E-state index in [0.717, 1.165) is 19.8 Å². The lowest BCUT2D eigenvalue weighted by molar-refractivity contribution is -0.000102. The second kappa shape index (κ2) is 10.6. The molecule has 1 fully saturated rings. The minimum absolute atomic E-state index is 0.330. The first-order valence-electron chi connectivity index (χ1n) is 8.65. The molecule has 1 saturated heterocycles. The van der Waals surface area contributed by atoms with Crippen LogP contribution in [-0.2, 0) is 9.47 Å². The Morgan fingerprint density at radius 2 is 2.10 bits per heavy atom. The van der Waals surface area contributed by atoms with Crippen LogP contribution in [0.2, 0.25) is 0 Å². The highest BCUT2D eigenvalue weighted by molar-refractivity contribution is 4.80. The van der Waals surface area contributed by atoms with Crippen molar-refractivity contribution in [3.8, 4) is 0 Å². The maximum Gasteiger partial charge on any atom is 0.0750 e. The van der Waals surface area contributed by atoms with E-state index in [2.05, 4.69) is 33.0 Å². The van der Waals surface area contributed by atoms with Crippen molar-refractivity contribution < 1.29 is 9.47 Å². The van der Waals surface area contributed by atoms with E-state index in [-0.39, 0.29) is 0 Å². The van der Waals surface area contributed by atoms with Crippen molar-refractivity contribution in [1.82, 2.24) is 5.32 Å². The topological polar surface area (TPSA) is 30.5 Å². The summed E-state index contributed by atoms with van der Waals surface area (Å²) in [5.74, 6) is 0.562. The molecule has 1 aliphatic rings. The molecule has 3 atom stereocenters. The summed E-state index contributed by atoms with van der Waals surface area (Å²) in [7, 11) is 0. The maximum atomic E-state index is 5.99. The molecule has 20 heavy (non-hydrogen) atoms. The molecule has 1 heterocycles. The van der Waals surface area contributed by atoms with E-state index in [0.29, 0.717) is 24.2 Å². The normalized spacial score (nSPS) is 22.4. The van der Waals surface area contributed by atoms with Crippen LogP contribution in [0.1, 0.15) is 66.2 Å². The third kappa shape index (κ3) is 6.55. The molecule has 0 radical (unpaired) electrons. The Kier molecular flexibility index (Phi) is 9.49. The van der Waals surface area contributed by atoms with Crippen molar-refractivity contribution in [2.24, 2.45) is 5.92 Å². The SMILES string of the molecule is CCCNC(CCCC1CCCO1)C(OCC)C(C)C. The molecule has 1 N–H and O–H groups in total. The zero-order valence-electron chi connectivity index (χ0n) is 14.0. The number of nitrogens with one attached hydrogen (secondary N) is 1. The van der Waals surface area contributed by atoms with Crippen molar-refractivity contribution in [1.29, 1.82) is 0 Å². The molecule has 3 nitrogen and oxygen atoms in total. The number of ether oxygens (including phenoxy) is 2. The summed E-state index contributed by atoms with van der Waals surface area (Å²) in [6, 6.07) is 0.483. The van der Waals surface area contributed by atoms with Gasteiger partial charge in [-0.05, 0) is 57.9 Å². The highest BCUT2D eigenvalue weighted by Gasteiger charge is 2.25. The van der Waals surface area contributed by atoms with Crippen LogP contribution in [0.5, 0.6) is 0 Å². The van der Waals surface area contributed by atoms with Crippen LogP contribution in [0, 0.1) is 5.92 Å². The van der Waals surface area contributed by atoms with Gasteiger partial charge in [0, 0.05) is 19.3 Å². The Morgan fingerprint density at radius 3 is 2.65 bits per heavy atom. The molecule has 0 aromatic carbocycles. The molecule has 1 rings (SSSR count). The quantitative estimate of drug-likeness (QED) is 0.627. The largest absolute Gasteiger partial charge is 0.378 e. The summed E-state index contributed by atoms with van der Waals surface area (Å²) in [6.45, 7) is 11.7. The monoisotopic (exact) mass is 285 g/mol. The average molecular weight is 285 g/mol. The van der Waals surface area contributed by atoms with E-state index < -0.39 is 0 Å². The second-order valence-corrected chi connectivity index (χ2v) is 6.29. The fourth-order valence-corrected chi connectivity index (χ4v) is 3.12. The van der Waals surface area contributed by atoms with Gasteiger partial charge in [-0.25, -0.2) is 0 Å². The number of hydrogen-bond acceptors (Lipinski definition) is 3. The Balaban J connectivity index is 2.39. The predicted molar refractivity (Wildman–Crippen MR) is 85.2 cm³/mol. The Hall–Kier alpha value is -0.120. The molecular weight excluding hydrogens is 250 g/mol. The molecule has 120 valence electrons. The molecule has 0 spiro atoms. The summed E-state index contributed by atoms with van der Waals surface area (Å²) < 4.78 is 11.7. The highest BCUT2D eigenvalue weighted by Crippen LogP contribution is 2.21. The van der Waals surface area contributed by atoms with Gasteiger partial charge >= 0.3 is 0 Å². The van der Waals surface area contributed by atoms with Crippen LogP contribution in [-0.4, -0.2) is 38.0 Å². The van der Waals surface area contributed by atoms with Crippen LogP contribution < -0.4 is 5.32 Å². The molecule has 3 heteroatoms. The molecule has 3 unspecified atom stereocenters. The van der Waals surface area contributed by atoms with Gasteiger partial charge in [0.15, 0.2) is 0 Å². The second-order valence-electron chi connectivity index (χ2n) is 6.29. The summed E-state index contributed by atoms with van der Waals surface area (Å²) >= 11 is 0. The molecule has 0 bridgehead atoms. The van der Waals surface area contributed by atoms with E-state index in [1.165, 1.54) is 38.5 Å². The van der Waals surface area contributed by atoms with Gasteiger partial charge in [-0.15, -0.1) is 0 Å². The first kappa shape index (κ1) is 17.9. The van der Waals surface area contributed by atoms with Gasteiger partial charge < -0.3 is 14.8 Å². The third-order valence-electron chi connectivity index (χ3n) is 4.13. The van der Waals surface area contributed by atoms with Crippen LogP contribution in [0.4, 0.5) is 0 Å². The van der Waals surface area contributed by atoms with Gasteiger partial charge in [-0.1, -0.05) is 20.8 Å². The van der Waals surface area contributed by atoms with Crippen LogP contribution in [0.25, 0.3) is 0 Å². The van der Waals surface area contributed by atoms with E-state index in [1.54, 1.807) is 0 Å². The Morgan fingerprint density at radius 1 is 1.30 bits per heavy atom. The minimum Gasteiger partial charge on any atom is -0.378 e. The van der Waals surface area contributed by atoms with Crippen LogP contribution >= 0.6 is 0 Å². The van der Waals surface area contributed by atoms with Gasteiger partial charge in [0.2, 0.25) is 0 Å². The molecule has 0 amide bonds. The molecule has 0 aliphatic carbocycles. The standard InChI is InChI=1S/C17H35NO2/c1-5-12-18-16(17(14(3)4)19-6-2)11-7-9-15-10-8-13-20-15/h14-18H,5-13H2,1-4H3. The lowest BCUT2D eigenvalue weighted by Crippen LogP contribution is -2.44. The molecule has 0 saturated carbocycles. The fourth-order valence-electron chi connectivity index (χ4n) is 3.12. The minimum atomic E-state index is 0.330. The van der Waals surface area contributed by atoms with Gasteiger partial charge in [0.25, 0.3) is 0 Å². The zero-order chi connectivity index (χ0) is 14.8. The summed E-state index contributed by atoms with van der Waals surface area (Å²) in [4.78, 5) is 0. The van der Waals surface area contributed by atoms with Crippen molar-refractivity contribution in [2.75, 3.05) is 19.8 Å². The molecule has 0 aromatic rings. The van der Waals surface area contributed by atoms with E-state index >= 15 is 0 Å². The average Bonchev–Trinajstić information content (AvgIpc) is 2.93. The van der Waals surface area contributed by atoms with Gasteiger partial charge in [0.05, 0.1) is 12.2 Å². The van der Waals surface area contributed by atoms with E-state index in [1.807, 2.05) is 0 Å². The Labute approximate surface area is 125 Å². The maximum absolute atomic E-state index is 5.99. The summed E-state index contributed by atoms with van der Waals surface area (Å²) in [5, 5.41) is 3.70. The third-order valence-corrected chi connectivity index (χ3v) is 4.13. The lowest BCUT2D eigenvalue weighted by atomic mass is 9.94.